The first kappa shape index (κ1) is 37.7. The molecule has 11 heteroatoms. The minimum atomic E-state index is -0.794. The molecule has 0 aromatic carbocycles. The van der Waals surface area contributed by atoms with Crippen molar-refractivity contribution in [3.63, 3.8) is 0 Å². The molecule has 10 rings (SSSR count). The molecule has 2 saturated heterocycles. The summed E-state index contributed by atoms with van der Waals surface area (Å²) in [5.41, 5.74) is -2.90. The van der Waals surface area contributed by atoms with E-state index in [-0.39, 0.29) is 24.8 Å². The molecule has 8 aliphatic carbocycles. The summed E-state index contributed by atoms with van der Waals surface area (Å²) < 4.78 is 36.1. The normalized spacial score (nSPS) is 42.7. The molecule has 1 N–H and O–H groups in total. The lowest BCUT2D eigenvalue weighted by Gasteiger charge is -2.60. The Bertz CT molecular complexity index is 1370. The highest BCUT2D eigenvalue weighted by Gasteiger charge is 2.64. The third kappa shape index (κ3) is 7.91. The summed E-state index contributed by atoms with van der Waals surface area (Å²) in [6, 6.07) is 0. The lowest BCUT2D eigenvalue weighted by Crippen LogP contribution is -2.61. The summed E-state index contributed by atoms with van der Waals surface area (Å²) in [5, 5.41) is 11.4. The van der Waals surface area contributed by atoms with Gasteiger partial charge in [0.2, 0.25) is 12.6 Å². The van der Waals surface area contributed by atoms with Crippen LogP contribution in [0.15, 0.2) is 0 Å². The molecule has 0 radical (unpaired) electrons. The number of carbonyl (C=O) groups is 4. The molecule has 8 saturated carbocycles. The first-order chi connectivity index (χ1) is 25.4. The summed E-state index contributed by atoms with van der Waals surface area (Å²) in [4.78, 5) is 55.8. The maximum absolute atomic E-state index is 14.4. The maximum Gasteiger partial charge on any atom is 0.314 e. The SMILES string of the molecule is CCC(CC(CC(C)C(=O)OC1CCCCO1)C(=O)OC12CC3CC(CC(O)(C3)C1)C2)C(=O)OC12CC3CC(C1)CC(C(=O)OC1CCCCO1)(C3)C2. The van der Waals surface area contributed by atoms with Crippen LogP contribution in [-0.2, 0) is 47.6 Å². The Labute approximate surface area is 314 Å². The van der Waals surface area contributed by atoms with Crippen LogP contribution in [-0.4, -0.2) is 71.6 Å². The van der Waals surface area contributed by atoms with Gasteiger partial charge in [-0.05, 0) is 133 Å². The van der Waals surface area contributed by atoms with Gasteiger partial charge in [-0.15, -0.1) is 0 Å². The molecule has 8 bridgehead atoms. The van der Waals surface area contributed by atoms with Crippen molar-refractivity contribution in [3.8, 4) is 0 Å². The van der Waals surface area contributed by atoms with E-state index < -0.39 is 64.5 Å². The summed E-state index contributed by atoms with van der Waals surface area (Å²) in [7, 11) is 0. The van der Waals surface area contributed by atoms with Gasteiger partial charge >= 0.3 is 23.9 Å². The van der Waals surface area contributed by atoms with Gasteiger partial charge in [0.05, 0.1) is 42.0 Å². The first-order valence-electron chi connectivity index (χ1n) is 21.2. The van der Waals surface area contributed by atoms with Crippen LogP contribution in [0.3, 0.4) is 0 Å². The van der Waals surface area contributed by atoms with Crippen molar-refractivity contribution < 1.29 is 52.7 Å². The Balaban J connectivity index is 0.968. The molecule has 10 aliphatic rings. The smallest absolute Gasteiger partial charge is 0.314 e. The number of ether oxygens (including phenoxy) is 6. The Morgan fingerprint density at radius 2 is 1.19 bits per heavy atom. The van der Waals surface area contributed by atoms with Gasteiger partial charge in [-0.1, -0.05) is 13.8 Å². The van der Waals surface area contributed by atoms with Crippen LogP contribution in [0.1, 0.15) is 149 Å². The molecule has 11 nitrogen and oxygen atoms in total. The van der Waals surface area contributed by atoms with E-state index in [9.17, 15) is 24.3 Å². The molecular formula is C42H62O11. The van der Waals surface area contributed by atoms with E-state index in [1.165, 1.54) is 0 Å². The van der Waals surface area contributed by atoms with Crippen LogP contribution in [0.25, 0.3) is 0 Å². The lowest BCUT2D eigenvalue weighted by molar-refractivity contribution is -0.231. The maximum atomic E-state index is 14.4. The predicted molar refractivity (Wildman–Crippen MR) is 189 cm³/mol. The quantitative estimate of drug-likeness (QED) is 0.159. The highest BCUT2D eigenvalue weighted by atomic mass is 16.7. The van der Waals surface area contributed by atoms with Gasteiger partial charge < -0.3 is 33.5 Å². The first-order valence-corrected chi connectivity index (χ1v) is 21.2. The van der Waals surface area contributed by atoms with Crippen LogP contribution >= 0.6 is 0 Å². The Kier molecular flexibility index (Phi) is 10.4. The van der Waals surface area contributed by atoms with Gasteiger partial charge in [-0.3, -0.25) is 19.2 Å². The molecule has 0 amide bonds. The predicted octanol–water partition coefficient (Wildman–Crippen LogP) is 6.69. The van der Waals surface area contributed by atoms with Crippen molar-refractivity contribution in [2.24, 2.45) is 46.8 Å². The number of carbonyl (C=O) groups excluding carboxylic acids is 4. The molecule has 0 spiro atoms. The van der Waals surface area contributed by atoms with Crippen LogP contribution in [0.5, 0.6) is 0 Å². The van der Waals surface area contributed by atoms with Gasteiger partial charge in [0.25, 0.3) is 0 Å². The van der Waals surface area contributed by atoms with Crippen molar-refractivity contribution >= 4 is 23.9 Å². The molecule has 0 aromatic rings. The van der Waals surface area contributed by atoms with Gasteiger partial charge in [-0.25, -0.2) is 0 Å². The molecule has 2 aliphatic heterocycles. The Morgan fingerprint density at radius 3 is 1.72 bits per heavy atom. The van der Waals surface area contributed by atoms with Crippen LogP contribution < -0.4 is 0 Å². The number of hydrogen-bond acceptors (Lipinski definition) is 11. The van der Waals surface area contributed by atoms with Crippen molar-refractivity contribution in [2.45, 2.75) is 178 Å². The van der Waals surface area contributed by atoms with Crippen molar-refractivity contribution in [1.29, 1.82) is 0 Å². The van der Waals surface area contributed by atoms with E-state index >= 15 is 0 Å². The third-order valence-electron chi connectivity index (χ3n) is 14.6. The van der Waals surface area contributed by atoms with E-state index in [0.717, 1.165) is 89.9 Å². The third-order valence-corrected chi connectivity index (χ3v) is 14.6. The molecule has 296 valence electrons. The highest BCUT2D eigenvalue weighted by molar-refractivity contribution is 5.80. The average molecular weight is 743 g/mol. The minimum Gasteiger partial charge on any atom is -0.459 e. The van der Waals surface area contributed by atoms with Crippen molar-refractivity contribution in [3.05, 3.63) is 0 Å². The molecule has 0 aromatic heterocycles. The number of esters is 4. The fourth-order valence-electron chi connectivity index (χ4n) is 13.1. The average Bonchev–Trinajstić information content (AvgIpc) is 3.08. The molecular weight excluding hydrogens is 680 g/mol. The van der Waals surface area contributed by atoms with Gasteiger partial charge in [0.15, 0.2) is 0 Å². The summed E-state index contributed by atoms with van der Waals surface area (Å²) in [6.45, 7) is 4.86. The fourth-order valence-corrected chi connectivity index (χ4v) is 13.1. The second-order valence-corrected chi connectivity index (χ2v) is 19.2. The number of rotatable bonds is 13. The van der Waals surface area contributed by atoms with E-state index in [1.54, 1.807) is 6.92 Å². The standard InChI is InChI=1S/C42H62O11/c1-3-31(36(44)52-41-20-27-13-28(21-41)17-39(16-27,24-41)38(46)51-34-9-5-7-11-49-34)15-32(12-26(2)35(43)50-33-8-4-6-10-48-33)37(45)53-42-22-29-14-30(23-42)19-40(47,18-29)25-42/h26-34,47H,3-25H2,1-2H3. The summed E-state index contributed by atoms with van der Waals surface area (Å²) in [6.07, 6.45) is 14.0. The molecule has 10 fully saturated rings. The van der Waals surface area contributed by atoms with Gasteiger partial charge in [0.1, 0.15) is 11.2 Å². The van der Waals surface area contributed by atoms with Crippen LogP contribution in [0.2, 0.25) is 0 Å². The van der Waals surface area contributed by atoms with Crippen LogP contribution in [0.4, 0.5) is 0 Å². The number of aliphatic hydroxyl groups is 1. The Morgan fingerprint density at radius 1 is 0.660 bits per heavy atom. The summed E-state index contributed by atoms with van der Waals surface area (Å²) >= 11 is 0. The molecule has 9 unspecified atom stereocenters. The molecule has 53 heavy (non-hydrogen) atoms. The van der Waals surface area contributed by atoms with E-state index in [1.807, 2.05) is 6.92 Å². The zero-order valence-electron chi connectivity index (χ0n) is 32.0. The van der Waals surface area contributed by atoms with Crippen molar-refractivity contribution in [2.75, 3.05) is 13.2 Å². The van der Waals surface area contributed by atoms with E-state index in [2.05, 4.69) is 0 Å². The number of hydrogen-bond donors (Lipinski definition) is 1. The highest BCUT2D eigenvalue weighted by Crippen LogP contribution is 2.64. The second-order valence-electron chi connectivity index (χ2n) is 19.2. The topological polar surface area (TPSA) is 144 Å². The molecule has 9 atom stereocenters. The second kappa shape index (κ2) is 14.7. The Hall–Kier alpha value is -2.24. The monoisotopic (exact) mass is 742 g/mol. The fraction of sp³-hybridized carbons (Fsp3) is 0.905. The van der Waals surface area contributed by atoms with E-state index in [0.29, 0.717) is 69.0 Å². The van der Waals surface area contributed by atoms with E-state index in [4.69, 9.17) is 28.4 Å². The van der Waals surface area contributed by atoms with Gasteiger partial charge in [-0.2, -0.15) is 0 Å². The summed E-state index contributed by atoms with van der Waals surface area (Å²) in [5.74, 6) is -2.06. The molecule has 2 heterocycles. The zero-order valence-corrected chi connectivity index (χ0v) is 32.0. The lowest BCUT2D eigenvalue weighted by atomic mass is 9.48. The van der Waals surface area contributed by atoms with Gasteiger partial charge in [0, 0.05) is 25.7 Å². The van der Waals surface area contributed by atoms with Crippen molar-refractivity contribution in [1.82, 2.24) is 0 Å². The largest absolute Gasteiger partial charge is 0.459 e. The minimum absolute atomic E-state index is 0.175. The zero-order chi connectivity index (χ0) is 37.0. The van der Waals surface area contributed by atoms with Crippen LogP contribution in [0, 0.1) is 46.8 Å².